The van der Waals surface area contributed by atoms with Crippen LogP contribution in [0.5, 0.6) is 5.75 Å². The van der Waals surface area contributed by atoms with Gasteiger partial charge in [-0.05, 0) is 31.0 Å². The lowest BCUT2D eigenvalue weighted by Crippen LogP contribution is -1.88. The quantitative estimate of drug-likeness (QED) is 0.789. The van der Waals surface area contributed by atoms with Gasteiger partial charge in [0.25, 0.3) is 0 Å². The highest BCUT2D eigenvalue weighted by Gasteiger charge is 2.06. The standard InChI is InChI=1S/C10H10ClNO/c1-7-5-9(11)8(3-2-4-12)10(13)6-7/h5-6,13H,2-3H2,1H3. The van der Waals surface area contributed by atoms with Crippen LogP contribution in [-0.4, -0.2) is 5.11 Å². The van der Waals surface area contributed by atoms with Crippen LogP contribution in [0.15, 0.2) is 12.1 Å². The van der Waals surface area contributed by atoms with Gasteiger partial charge < -0.3 is 5.11 Å². The molecule has 13 heavy (non-hydrogen) atoms. The molecular formula is C10H10ClNO. The van der Waals surface area contributed by atoms with Gasteiger partial charge in [0.15, 0.2) is 0 Å². The molecule has 1 rings (SSSR count). The fraction of sp³-hybridized carbons (Fsp3) is 0.300. The molecule has 1 aromatic carbocycles. The molecule has 3 heteroatoms. The van der Waals surface area contributed by atoms with Crippen LogP contribution in [-0.2, 0) is 6.42 Å². The molecule has 1 aromatic rings. The molecule has 0 fully saturated rings. The van der Waals surface area contributed by atoms with Gasteiger partial charge in [-0.15, -0.1) is 0 Å². The molecule has 0 saturated heterocycles. The largest absolute Gasteiger partial charge is 0.508 e. The number of halogens is 1. The van der Waals surface area contributed by atoms with E-state index in [0.717, 1.165) is 5.56 Å². The van der Waals surface area contributed by atoms with Gasteiger partial charge in [-0.3, -0.25) is 0 Å². The van der Waals surface area contributed by atoms with E-state index in [1.54, 1.807) is 12.1 Å². The van der Waals surface area contributed by atoms with Crippen molar-refractivity contribution in [3.05, 3.63) is 28.3 Å². The van der Waals surface area contributed by atoms with Crippen LogP contribution in [0.25, 0.3) is 0 Å². The number of aromatic hydroxyl groups is 1. The molecule has 1 N–H and O–H groups in total. The number of nitriles is 1. The first-order chi connectivity index (χ1) is 6.15. The van der Waals surface area contributed by atoms with Gasteiger partial charge in [0, 0.05) is 17.0 Å². The highest BCUT2D eigenvalue weighted by atomic mass is 35.5. The van der Waals surface area contributed by atoms with Crippen molar-refractivity contribution in [2.45, 2.75) is 19.8 Å². The van der Waals surface area contributed by atoms with E-state index in [1.807, 2.05) is 13.0 Å². The van der Waals surface area contributed by atoms with Gasteiger partial charge in [-0.1, -0.05) is 11.6 Å². The van der Waals surface area contributed by atoms with E-state index in [0.29, 0.717) is 23.4 Å². The fourth-order valence-electron chi connectivity index (χ4n) is 1.18. The molecule has 0 amide bonds. The Morgan fingerprint density at radius 2 is 2.23 bits per heavy atom. The first kappa shape index (κ1) is 9.88. The Labute approximate surface area is 82.4 Å². The molecule has 0 bridgehead atoms. The zero-order chi connectivity index (χ0) is 9.84. The number of benzene rings is 1. The van der Waals surface area contributed by atoms with Crippen molar-refractivity contribution < 1.29 is 5.11 Å². The van der Waals surface area contributed by atoms with Crippen LogP contribution in [0.3, 0.4) is 0 Å². The molecule has 0 aliphatic rings. The van der Waals surface area contributed by atoms with Crippen molar-refractivity contribution >= 4 is 11.6 Å². The summed E-state index contributed by atoms with van der Waals surface area (Å²) in [6, 6.07) is 5.45. The number of phenols is 1. The SMILES string of the molecule is Cc1cc(O)c(CCC#N)c(Cl)c1. The van der Waals surface area contributed by atoms with Gasteiger partial charge in [0.05, 0.1) is 6.07 Å². The number of hydrogen-bond donors (Lipinski definition) is 1. The summed E-state index contributed by atoms with van der Waals surface area (Å²) in [5.41, 5.74) is 1.58. The second-order valence-electron chi connectivity index (χ2n) is 2.90. The molecule has 68 valence electrons. The monoisotopic (exact) mass is 195 g/mol. The molecule has 0 unspecified atom stereocenters. The lowest BCUT2D eigenvalue weighted by atomic mass is 10.1. The maximum absolute atomic E-state index is 9.50. The van der Waals surface area contributed by atoms with Gasteiger partial charge >= 0.3 is 0 Å². The second kappa shape index (κ2) is 4.15. The molecule has 0 heterocycles. The minimum Gasteiger partial charge on any atom is -0.508 e. The van der Waals surface area contributed by atoms with Crippen LogP contribution >= 0.6 is 11.6 Å². The normalized spacial score (nSPS) is 9.62. The zero-order valence-electron chi connectivity index (χ0n) is 7.34. The summed E-state index contributed by atoms with van der Waals surface area (Å²) in [4.78, 5) is 0. The molecule has 0 spiro atoms. The summed E-state index contributed by atoms with van der Waals surface area (Å²) < 4.78 is 0. The minimum atomic E-state index is 0.181. The predicted molar refractivity (Wildman–Crippen MR) is 51.8 cm³/mol. The summed E-state index contributed by atoms with van der Waals surface area (Å²) in [5, 5.41) is 18.4. The first-order valence-electron chi connectivity index (χ1n) is 4.00. The average molecular weight is 196 g/mol. The molecule has 0 atom stereocenters. The Morgan fingerprint density at radius 1 is 1.54 bits per heavy atom. The third-order valence-corrected chi connectivity index (χ3v) is 2.14. The van der Waals surface area contributed by atoms with E-state index in [-0.39, 0.29) is 5.75 Å². The first-order valence-corrected chi connectivity index (χ1v) is 4.38. The predicted octanol–water partition coefficient (Wildman–Crippen LogP) is 2.81. The number of hydrogen-bond acceptors (Lipinski definition) is 2. The highest BCUT2D eigenvalue weighted by Crippen LogP contribution is 2.28. The van der Waals surface area contributed by atoms with Crippen LogP contribution in [0, 0.1) is 18.3 Å². The van der Waals surface area contributed by atoms with E-state index < -0.39 is 0 Å². The van der Waals surface area contributed by atoms with Crippen LogP contribution in [0.4, 0.5) is 0 Å². The smallest absolute Gasteiger partial charge is 0.120 e. The molecule has 2 nitrogen and oxygen atoms in total. The molecular weight excluding hydrogens is 186 g/mol. The maximum Gasteiger partial charge on any atom is 0.120 e. The van der Waals surface area contributed by atoms with E-state index in [2.05, 4.69) is 0 Å². The number of aryl methyl sites for hydroxylation is 1. The van der Waals surface area contributed by atoms with E-state index in [1.165, 1.54) is 0 Å². The highest BCUT2D eigenvalue weighted by molar-refractivity contribution is 6.31. The van der Waals surface area contributed by atoms with Gasteiger partial charge in [0.1, 0.15) is 5.75 Å². The molecule has 0 radical (unpaired) electrons. The van der Waals surface area contributed by atoms with Crippen molar-refractivity contribution in [2.24, 2.45) is 0 Å². The second-order valence-corrected chi connectivity index (χ2v) is 3.31. The molecule has 0 aliphatic carbocycles. The Kier molecular flexibility index (Phi) is 3.16. The fourth-order valence-corrected chi connectivity index (χ4v) is 1.55. The summed E-state index contributed by atoms with van der Waals surface area (Å²) in [6.45, 7) is 1.86. The average Bonchev–Trinajstić information content (AvgIpc) is 2.02. The minimum absolute atomic E-state index is 0.181. The number of phenolic OH excluding ortho intramolecular Hbond substituents is 1. The van der Waals surface area contributed by atoms with E-state index in [9.17, 15) is 5.11 Å². The number of rotatable bonds is 2. The topological polar surface area (TPSA) is 44.0 Å². The number of nitrogens with zero attached hydrogens (tertiary/aromatic N) is 1. The van der Waals surface area contributed by atoms with Gasteiger partial charge in [-0.2, -0.15) is 5.26 Å². The molecule has 0 aliphatic heterocycles. The molecule has 0 saturated carbocycles. The zero-order valence-corrected chi connectivity index (χ0v) is 8.10. The van der Waals surface area contributed by atoms with Crippen LogP contribution in [0.2, 0.25) is 5.02 Å². The van der Waals surface area contributed by atoms with Crippen molar-refractivity contribution in [3.63, 3.8) is 0 Å². The maximum atomic E-state index is 9.50. The van der Waals surface area contributed by atoms with E-state index >= 15 is 0 Å². The lowest BCUT2D eigenvalue weighted by molar-refractivity contribution is 0.468. The van der Waals surface area contributed by atoms with Crippen LogP contribution < -0.4 is 0 Å². The third-order valence-electron chi connectivity index (χ3n) is 1.80. The van der Waals surface area contributed by atoms with Crippen molar-refractivity contribution in [1.82, 2.24) is 0 Å². The summed E-state index contributed by atoms with van der Waals surface area (Å²) in [7, 11) is 0. The Bertz CT molecular complexity index is 331. The van der Waals surface area contributed by atoms with Gasteiger partial charge in [0.2, 0.25) is 0 Å². The Hall–Kier alpha value is -1.20. The van der Waals surface area contributed by atoms with Gasteiger partial charge in [-0.25, -0.2) is 0 Å². The lowest BCUT2D eigenvalue weighted by Gasteiger charge is -2.05. The van der Waals surface area contributed by atoms with Crippen molar-refractivity contribution in [1.29, 1.82) is 5.26 Å². The van der Waals surface area contributed by atoms with Crippen molar-refractivity contribution in [2.75, 3.05) is 0 Å². The summed E-state index contributed by atoms with van der Waals surface area (Å²) in [6.07, 6.45) is 0.873. The summed E-state index contributed by atoms with van der Waals surface area (Å²) >= 11 is 5.90. The molecule has 0 aromatic heterocycles. The Morgan fingerprint density at radius 3 is 2.77 bits per heavy atom. The summed E-state index contributed by atoms with van der Waals surface area (Å²) in [5.74, 6) is 0.181. The van der Waals surface area contributed by atoms with Crippen LogP contribution in [0.1, 0.15) is 17.5 Å². The Balaban J connectivity index is 3.00. The third kappa shape index (κ3) is 2.37. The van der Waals surface area contributed by atoms with Crippen molar-refractivity contribution in [3.8, 4) is 11.8 Å². The van der Waals surface area contributed by atoms with E-state index in [4.69, 9.17) is 16.9 Å².